The Labute approximate surface area is 120 Å². The van der Waals surface area contributed by atoms with Crippen molar-refractivity contribution in [2.75, 3.05) is 16.8 Å². The standard InChI is InChI=1S/C12H14BrCl2NO/c1-8(2)9-4-3-5-10(13)12(9)16(7-15)11(17)6-14/h3-5,8H,6-7H2,1-2H3. The van der Waals surface area contributed by atoms with Crippen LogP contribution in [0.4, 0.5) is 5.69 Å². The molecule has 0 radical (unpaired) electrons. The van der Waals surface area contributed by atoms with Gasteiger partial charge in [0.2, 0.25) is 5.91 Å². The summed E-state index contributed by atoms with van der Waals surface area (Å²) >= 11 is 14.9. The van der Waals surface area contributed by atoms with E-state index in [1.807, 2.05) is 18.2 Å². The fourth-order valence-electron chi connectivity index (χ4n) is 1.61. The van der Waals surface area contributed by atoms with Crippen LogP contribution in [0.15, 0.2) is 22.7 Å². The van der Waals surface area contributed by atoms with Crippen molar-refractivity contribution in [2.24, 2.45) is 0 Å². The molecule has 0 fully saturated rings. The van der Waals surface area contributed by atoms with E-state index in [0.717, 1.165) is 15.7 Å². The predicted molar refractivity (Wildman–Crippen MR) is 77.2 cm³/mol. The third-order valence-corrected chi connectivity index (χ3v) is 3.55. The Kier molecular flexibility index (Phi) is 5.77. The minimum atomic E-state index is -0.199. The van der Waals surface area contributed by atoms with Crippen LogP contribution in [0, 0.1) is 0 Å². The van der Waals surface area contributed by atoms with Crippen LogP contribution in [0.25, 0.3) is 0 Å². The summed E-state index contributed by atoms with van der Waals surface area (Å²) in [7, 11) is 0. The molecule has 0 bridgehead atoms. The van der Waals surface area contributed by atoms with Crippen molar-refractivity contribution >= 4 is 50.7 Å². The lowest BCUT2D eigenvalue weighted by Gasteiger charge is -2.25. The van der Waals surface area contributed by atoms with E-state index in [9.17, 15) is 4.79 Å². The van der Waals surface area contributed by atoms with E-state index in [1.165, 1.54) is 4.90 Å². The third kappa shape index (κ3) is 3.36. The first-order chi connectivity index (χ1) is 8.02. The molecule has 0 unspecified atom stereocenters. The van der Waals surface area contributed by atoms with Crippen molar-refractivity contribution in [3.8, 4) is 0 Å². The molecular weight excluding hydrogens is 325 g/mol. The predicted octanol–water partition coefficient (Wildman–Crippen LogP) is 4.34. The maximum absolute atomic E-state index is 11.8. The Balaban J connectivity index is 3.31. The summed E-state index contributed by atoms with van der Waals surface area (Å²) in [5.74, 6) is 0.0257. The van der Waals surface area contributed by atoms with Crippen molar-refractivity contribution in [2.45, 2.75) is 19.8 Å². The second-order valence-electron chi connectivity index (χ2n) is 3.91. The molecule has 0 heterocycles. The molecule has 1 amide bonds. The van der Waals surface area contributed by atoms with Gasteiger partial charge in [-0.1, -0.05) is 26.0 Å². The van der Waals surface area contributed by atoms with Crippen LogP contribution < -0.4 is 4.90 Å². The van der Waals surface area contributed by atoms with E-state index < -0.39 is 0 Å². The van der Waals surface area contributed by atoms with E-state index in [1.54, 1.807) is 0 Å². The highest BCUT2D eigenvalue weighted by atomic mass is 79.9. The van der Waals surface area contributed by atoms with Crippen LogP contribution in [0.5, 0.6) is 0 Å². The fraction of sp³-hybridized carbons (Fsp3) is 0.417. The number of carbonyl (C=O) groups excluding carboxylic acids is 1. The zero-order chi connectivity index (χ0) is 13.0. The number of halogens is 3. The summed E-state index contributed by atoms with van der Waals surface area (Å²) in [6, 6.07) is 5.92. The zero-order valence-electron chi connectivity index (χ0n) is 9.71. The Morgan fingerprint density at radius 2 is 2.06 bits per heavy atom. The lowest BCUT2D eigenvalue weighted by atomic mass is 10.0. The molecule has 0 atom stereocenters. The van der Waals surface area contributed by atoms with E-state index in [2.05, 4.69) is 29.8 Å². The van der Waals surface area contributed by atoms with Crippen LogP contribution in [-0.2, 0) is 4.79 Å². The highest BCUT2D eigenvalue weighted by molar-refractivity contribution is 9.10. The zero-order valence-corrected chi connectivity index (χ0v) is 12.8. The number of benzene rings is 1. The smallest absolute Gasteiger partial charge is 0.242 e. The summed E-state index contributed by atoms with van der Waals surface area (Å²) in [6.45, 7) is 4.14. The number of amides is 1. The van der Waals surface area contributed by atoms with Gasteiger partial charge in [-0.25, -0.2) is 0 Å². The van der Waals surface area contributed by atoms with Crippen LogP contribution in [-0.4, -0.2) is 17.8 Å². The molecule has 0 aliphatic rings. The molecule has 0 saturated carbocycles. The molecule has 0 saturated heterocycles. The maximum Gasteiger partial charge on any atom is 0.242 e. The lowest BCUT2D eigenvalue weighted by molar-refractivity contribution is -0.116. The highest BCUT2D eigenvalue weighted by Crippen LogP contribution is 2.35. The van der Waals surface area contributed by atoms with E-state index >= 15 is 0 Å². The number of para-hydroxylation sites is 1. The Bertz CT molecular complexity index is 409. The van der Waals surface area contributed by atoms with Crippen molar-refractivity contribution in [3.05, 3.63) is 28.2 Å². The molecule has 0 spiro atoms. The quantitative estimate of drug-likeness (QED) is 0.590. The van der Waals surface area contributed by atoms with Crippen molar-refractivity contribution in [1.82, 2.24) is 0 Å². The first-order valence-electron chi connectivity index (χ1n) is 5.23. The maximum atomic E-state index is 11.8. The van der Waals surface area contributed by atoms with Gasteiger partial charge in [0.1, 0.15) is 11.9 Å². The van der Waals surface area contributed by atoms with Crippen molar-refractivity contribution in [3.63, 3.8) is 0 Å². The second-order valence-corrected chi connectivity index (χ2v) is 5.27. The number of hydrogen-bond acceptors (Lipinski definition) is 1. The first-order valence-corrected chi connectivity index (χ1v) is 7.09. The topological polar surface area (TPSA) is 20.3 Å². The molecule has 2 nitrogen and oxygen atoms in total. The van der Waals surface area contributed by atoms with Gasteiger partial charge in [0.05, 0.1) is 5.69 Å². The Morgan fingerprint density at radius 3 is 2.53 bits per heavy atom. The number of carbonyl (C=O) groups is 1. The van der Waals surface area contributed by atoms with Crippen LogP contribution in [0.3, 0.4) is 0 Å². The first kappa shape index (κ1) is 14.8. The molecule has 0 aliphatic heterocycles. The monoisotopic (exact) mass is 337 g/mol. The van der Waals surface area contributed by atoms with Gasteiger partial charge in [-0.05, 0) is 33.5 Å². The van der Waals surface area contributed by atoms with E-state index in [-0.39, 0.29) is 17.8 Å². The van der Waals surface area contributed by atoms with Gasteiger partial charge in [-0.3, -0.25) is 9.69 Å². The van der Waals surface area contributed by atoms with Gasteiger partial charge in [0, 0.05) is 4.47 Å². The van der Waals surface area contributed by atoms with Crippen molar-refractivity contribution in [1.29, 1.82) is 0 Å². The van der Waals surface area contributed by atoms with Crippen LogP contribution >= 0.6 is 39.1 Å². The fourth-order valence-corrected chi connectivity index (χ4v) is 2.60. The van der Waals surface area contributed by atoms with Gasteiger partial charge in [-0.15, -0.1) is 23.2 Å². The number of hydrogen-bond donors (Lipinski definition) is 0. The molecule has 1 rings (SSSR count). The van der Waals surface area contributed by atoms with Gasteiger partial charge in [0.25, 0.3) is 0 Å². The lowest BCUT2D eigenvalue weighted by Crippen LogP contribution is -2.32. The number of nitrogens with zero attached hydrogens (tertiary/aromatic N) is 1. The van der Waals surface area contributed by atoms with E-state index in [0.29, 0.717) is 5.92 Å². The van der Waals surface area contributed by atoms with Crippen molar-refractivity contribution < 1.29 is 4.79 Å². The number of alkyl halides is 2. The molecule has 0 N–H and O–H groups in total. The number of rotatable bonds is 4. The molecule has 17 heavy (non-hydrogen) atoms. The normalized spacial score (nSPS) is 10.7. The Morgan fingerprint density at radius 1 is 1.41 bits per heavy atom. The third-order valence-electron chi connectivity index (χ3n) is 2.44. The van der Waals surface area contributed by atoms with Crippen LogP contribution in [0.2, 0.25) is 0 Å². The summed E-state index contributed by atoms with van der Waals surface area (Å²) in [6.07, 6.45) is 0. The molecular formula is C12H14BrCl2NO. The van der Waals surface area contributed by atoms with Crippen LogP contribution in [0.1, 0.15) is 25.3 Å². The second kappa shape index (κ2) is 6.62. The summed E-state index contributed by atoms with van der Waals surface area (Å²) in [5, 5.41) is 0. The molecule has 0 aromatic heterocycles. The molecule has 1 aromatic carbocycles. The molecule has 5 heteroatoms. The van der Waals surface area contributed by atoms with Gasteiger partial charge < -0.3 is 0 Å². The molecule has 1 aromatic rings. The van der Waals surface area contributed by atoms with Gasteiger partial charge in [-0.2, -0.15) is 0 Å². The number of anilines is 1. The van der Waals surface area contributed by atoms with Gasteiger partial charge in [0.15, 0.2) is 0 Å². The largest absolute Gasteiger partial charge is 0.296 e. The summed E-state index contributed by atoms with van der Waals surface area (Å²) in [5.41, 5.74) is 1.88. The average molecular weight is 339 g/mol. The summed E-state index contributed by atoms with van der Waals surface area (Å²) in [4.78, 5) is 13.3. The molecule has 94 valence electrons. The van der Waals surface area contributed by atoms with E-state index in [4.69, 9.17) is 23.2 Å². The minimum Gasteiger partial charge on any atom is -0.296 e. The SMILES string of the molecule is CC(C)c1cccc(Br)c1N(CCl)C(=O)CCl. The minimum absolute atomic E-state index is 0.0778. The highest BCUT2D eigenvalue weighted by Gasteiger charge is 2.20. The Hall–Kier alpha value is -0.250. The average Bonchev–Trinajstić information content (AvgIpc) is 2.31. The summed E-state index contributed by atoms with van der Waals surface area (Å²) < 4.78 is 0.850. The molecule has 0 aliphatic carbocycles. The van der Waals surface area contributed by atoms with Gasteiger partial charge >= 0.3 is 0 Å².